The number of sulfonamides is 1. The van der Waals surface area contributed by atoms with Crippen LogP contribution in [-0.2, 0) is 27.7 Å². The molecule has 1 aliphatic carbocycles. The molecule has 0 aromatic heterocycles. The van der Waals surface area contributed by atoms with E-state index < -0.39 is 10.0 Å². The van der Waals surface area contributed by atoms with Crippen molar-refractivity contribution < 1.29 is 13.2 Å². The standard InChI is InChI=1S/C24H30N2O3S2/c1-17(20-7-6-18-4-3-5-21(18)16-20)25-24(27)19-12-14-26(15-13-19)31(28,29)23-10-8-22(30-2)9-11-23/h6-11,16-17,19H,3-5,12-15H2,1-2H3,(H,25,27)/t17-/m0/s1. The number of fused-ring (bicyclic) bond motifs is 1. The fraction of sp³-hybridized carbons (Fsp3) is 0.458. The Morgan fingerprint density at radius 3 is 2.42 bits per heavy atom. The number of nitrogens with zero attached hydrogens (tertiary/aromatic N) is 1. The molecule has 2 aromatic rings. The first-order valence-corrected chi connectivity index (χ1v) is 13.6. The molecular weight excluding hydrogens is 428 g/mol. The fourth-order valence-corrected chi connectivity index (χ4v) is 6.41. The average Bonchev–Trinajstić information content (AvgIpc) is 3.27. The maximum absolute atomic E-state index is 12.9. The minimum atomic E-state index is -3.52. The summed E-state index contributed by atoms with van der Waals surface area (Å²) in [4.78, 5) is 14.2. The number of hydrogen-bond donors (Lipinski definition) is 1. The summed E-state index contributed by atoms with van der Waals surface area (Å²) in [5.41, 5.74) is 3.98. The lowest BCUT2D eigenvalue weighted by molar-refractivity contribution is -0.126. The van der Waals surface area contributed by atoms with Gasteiger partial charge in [-0.05, 0) is 86.2 Å². The topological polar surface area (TPSA) is 66.5 Å². The van der Waals surface area contributed by atoms with Crippen molar-refractivity contribution in [3.05, 3.63) is 59.2 Å². The van der Waals surface area contributed by atoms with Crippen LogP contribution in [0.4, 0.5) is 0 Å². The van der Waals surface area contributed by atoms with Crippen LogP contribution in [0.5, 0.6) is 0 Å². The van der Waals surface area contributed by atoms with Crippen molar-refractivity contribution >= 4 is 27.7 Å². The third-order valence-corrected chi connectivity index (χ3v) is 9.16. The second-order valence-electron chi connectivity index (χ2n) is 8.47. The summed E-state index contributed by atoms with van der Waals surface area (Å²) in [6, 6.07) is 13.5. The third kappa shape index (κ3) is 4.83. The number of rotatable bonds is 6. The zero-order chi connectivity index (χ0) is 22.0. The van der Waals surface area contributed by atoms with Crippen LogP contribution in [0.25, 0.3) is 0 Å². The van der Waals surface area contributed by atoms with E-state index in [9.17, 15) is 13.2 Å². The van der Waals surface area contributed by atoms with Crippen LogP contribution in [0.2, 0.25) is 0 Å². The summed E-state index contributed by atoms with van der Waals surface area (Å²) >= 11 is 1.58. The summed E-state index contributed by atoms with van der Waals surface area (Å²) in [5.74, 6) is -0.128. The minimum absolute atomic E-state index is 0.0226. The smallest absolute Gasteiger partial charge is 0.243 e. The van der Waals surface area contributed by atoms with Gasteiger partial charge >= 0.3 is 0 Å². The molecular formula is C24H30N2O3S2. The molecule has 0 saturated carbocycles. The number of aryl methyl sites for hydroxylation is 2. The number of hydrogen-bond acceptors (Lipinski definition) is 4. The molecule has 1 heterocycles. The molecule has 0 radical (unpaired) electrons. The second-order valence-corrected chi connectivity index (χ2v) is 11.3. The van der Waals surface area contributed by atoms with E-state index in [0.717, 1.165) is 23.3 Å². The predicted molar refractivity (Wildman–Crippen MR) is 125 cm³/mol. The normalized spacial score (nSPS) is 18.5. The van der Waals surface area contributed by atoms with E-state index in [-0.39, 0.29) is 17.9 Å². The van der Waals surface area contributed by atoms with Crippen molar-refractivity contribution in [2.75, 3.05) is 19.3 Å². The van der Waals surface area contributed by atoms with Crippen LogP contribution in [0.1, 0.15) is 48.9 Å². The van der Waals surface area contributed by atoms with Crippen LogP contribution >= 0.6 is 11.8 Å². The van der Waals surface area contributed by atoms with Gasteiger partial charge in [0.2, 0.25) is 15.9 Å². The van der Waals surface area contributed by atoms with Crippen molar-refractivity contribution in [3.63, 3.8) is 0 Å². The van der Waals surface area contributed by atoms with Crippen molar-refractivity contribution in [2.45, 2.75) is 54.9 Å². The molecule has 1 fully saturated rings. The Labute approximate surface area is 189 Å². The zero-order valence-electron chi connectivity index (χ0n) is 18.1. The number of piperidine rings is 1. The fourth-order valence-electron chi connectivity index (χ4n) is 4.53. The van der Waals surface area contributed by atoms with E-state index >= 15 is 0 Å². The summed E-state index contributed by atoms with van der Waals surface area (Å²) in [6.07, 6.45) is 6.54. The molecule has 0 unspecified atom stereocenters. The highest BCUT2D eigenvalue weighted by molar-refractivity contribution is 7.98. The summed E-state index contributed by atoms with van der Waals surface area (Å²) in [6.45, 7) is 2.77. The second kappa shape index (κ2) is 9.35. The number of nitrogens with one attached hydrogen (secondary N) is 1. The van der Waals surface area contributed by atoms with Gasteiger partial charge < -0.3 is 5.32 Å². The van der Waals surface area contributed by atoms with Crippen molar-refractivity contribution in [2.24, 2.45) is 5.92 Å². The van der Waals surface area contributed by atoms with Gasteiger partial charge in [-0.15, -0.1) is 11.8 Å². The predicted octanol–water partition coefficient (Wildman–Crippen LogP) is 4.18. The number of carbonyl (C=O) groups is 1. The van der Waals surface area contributed by atoms with E-state index in [1.165, 1.54) is 21.9 Å². The Bertz CT molecular complexity index is 1040. The molecule has 31 heavy (non-hydrogen) atoms. The Morgan fingerprint density at radius 1 is 1.06 bits per heavy atom. The molecule has 1 atom stereocenters. The molecule has 0 bridgehead atoms. The number of amides is 1. The summed E-state index contributed by atoms with van der Waals surface area (Å²) in [5, 5.41) is 3.15. The lowest BCUT2D eigenvalue weighted by Crippen LogP contribution is -2.43. The van der Waals surface area contributed by atoms with E-state index in [1.807, 2.05) is 25.3 Å². The van der Waals surface area contributed by atoms with Crippen LogP contribution in [-0.4, -0.2) is 38.0 Å². The number of thioether (sulfide) groups is 1. The van der Waals surface area contributed by atoms with Gasteiger partial charge in [0.25, 0.3) is 0 Å². The number of benzene rings is 2. The molecule has 1 aliphatic heterocycles. The zero-order valence-corrected chi connectivity index (χ0v) is 19.8. The Hall–Kier alpha value is -1.83. The Morgan fingerprint density at radius 2 is 1.74 bits per heavy atom. The molecule has 4 rings (SSSR count). The van der Waals surface area contributed by atoms with Gasteiger partial charge in [-0.3, -0.25) is 4.79 Å². The molecule has 2 aromatic carbocycles. The van der Waals surface area contributed by atoms with Crippen LogP contribution in [0.15, 0.2) is 52.3 Å². The Kier molecular flexibility index (Phi) is 6.74. The van der Waals surface area contributed by atoms with Crippen molar-refractivity contribution in [3.8, 4) is 0 Å². The van der Waals surface area contributed by atoms with Crippen LogP contribution in [0.3, 0.4) is 0 Å². The first-order valence-electron chi connectivity index (χ1n) is 10.9. The highest BCUT2D eigenvalue weighted by Crippen LogP contribution is 2.28. The maximum atomic E-state index is 12.9. The quantitative estimate of drug-likeness (QED) is 0.660. The van der Waals surface area contributed by atoms with E-state index in [4.69, 9.17) is 0 Å². The van der Waals surface area contributed by atoms with Crippen LogP contribution < -0.4 is 5.32 Å². The lowest BCUT2D eigenvalue weighted by atomic mass is 9.96. The summed E-state index contributed by atoms with van der Waals surface area (Å²) < 4.78 is 27.4. The first kappa shape index (κ1) is 22.4. The van der Waals surface area contributed by atoms with Gasteiger partial charge in [0.1, 0.15) is 0 Å². The third-order valence-electron chi connectivity index (χ3n) is 6.50. The Balaban J connectivity index is 1.34. The van der Waals surface area contributed by atoms with Gasteiger partial charge in [0, 0.05) is 23.9 Å². The average molecular weight is 459 g/mol. The van der Waals surface area contributed by atoms with Gasteiger partial charge in [0.05, 0.1) is 10.9 Å². The van der Waals surface area contributed by atoms with Crippen molar-refractivity contribution in [1.29, 1.82) is 0 Å². The van der Waals surface area contributed by atoms with Crippen LogP contribution in [0, 0.1) is 5.92 Å². The molecule has 5 nitrogen and oxygen atoms in total. The SMILES string of the molecule is CSc1ccc(S(=O)(=O)N2CCC(C(=O)N[C@@H](C)c3ccc4c(c3)CCC4)CC2)cc1. The lowest BCUT2D eigenvalue weighted by Gasteiger charge is -2.31. The summed E-state index contributed by atoms with van der Waals surface area (Å²) in [7, 11) is -3.52. The monoisotopic (exact) mass is 458 g/mol. The van der Waals surface area contributed by atoms with E-state index in [1.54, 1.807) is 23.9 Å². The molecule has 0 spiro atoms. The van der Waals surface area contributed by atoms with E-state index in [2.05, 4.69) is 23.5 Å². The molecule has 1 amide bonds. The number of carbonyl (C=O) groups excluding carboxylic acids is 1. The van der Waals surface area contributed by atoms with Gasteiger partial charge in [0.15, 0.2) is 0 Å². The molecule has 1 saturated heterocycles. The van der Waals surface area contributed by atoms with Gasteiger partial charge in [-0.2, -0.15) is 4.31 Å². The molecule has 166 valence electrons. The maximum Gasteiger partial charge on any atom is 0.243 e. The molecule has 7 heteroatoms. The van der Waals surface area contributed by atoms with Crippen molar-refractivity contribution in [1.82, 2.24) is 9.62 Å². The minimum Gasteiger partial charge on any atom is -0.349 e. The first-order chi connectivity index (χ1) is 14.9. The highest BCUT2D eigenvalue weighted by Gasteiger charge is 2.32. The largest absolute Gasteiger partial charge is 0.349 e. The van der Waals surface area contributed by atoms with Gasteiger partial charge in [-0.1, -0.05) is 18.2 Å². The highest BCUT2D eigenvalue weighted by atomic mass is 32.2. The molecule has 2 aliphatic rings. The molecule has 1 N–H and O–H groups in total. The van der Waals surface area contributed by atoms with E-state index in [0.29, 0.717) is 30.8 Å². The van der Waals surface area contributed by atoms with Gasteiger partial charge in [-0.25, -0.2) is 8.42 Å².